The van der Waals surface area contributed by atoms with Crippen molar-refractivity contribution in [3.05, 3.63) is 22.8 Å². The second kappa shape index (κ2) is 4.19. The number of fused-ring (bicyclic) bond motifs is 1. The van der Waals surface area contributed by atoms with E-state index in [1.165, 1.54) is 0 Å². The van der Waals surface area contributed by atoms with E-state index in [4.69, 9.17) is 14.6 Å². The SMILES string of the molecule is Cc1cc(C(C)(C)CC(=O)O)c2c(c1C)OCO2. The van der Waals surface area contributed by atoms with Gasteiger partial charge in [-0.2, -0.15) is 0 Å². The number of carboxylic acid groups (broad SMARTS) is 1. The van der Waals surface area contributed by atoms with Crippen LogP contribution in [0.1, 0.15) is 37.0 Å². The first-order valence-corrected chi connectivity index (χ1v) is 5.95. The van der Waals surface area contributed by atoms with Crippen LogP contribution in [0.3, 0.4) is 0 Å². The first kappa shape index (κ1) is 12.7. The van der Waals surface area contributed by atoms with Crippen LogP contribution in [-0.2, 0) is 10.2 Å². The number of carboxylic acids is 1. The second-order valence-corrected chi connectivity index (χ2v) is 5.39. The van der Waals surface area contributed by atoms with E-state index in [1.54, 1.807) is 0 Å². The maximum Gasteiger partial charge on any atom is 0.304 e. The highest BCUT2D eigenvalue weighted by Crippen LogP contribution is 2.46. The maximum atomic E-state index is 11.0. The Kier molecular flexibility index (Phi) is 2.97. The number of hydrogen-bond donors (Lipinski definition) is 1. The topological polar surface area (TPSA) is 55.8 Å². The van der Waals surface area contributed by atoms with E-state index in [-0.39, 0.29) is 13.2 Å². The predicted octanol–water partition coefficient (Wildman–Crippen LogP) is 2.78. The van der Waals surface area contributed by atoms with Gasteiger partial charge >= 0.3 is 5.97 Å². The minimum atomic E-state index is -0.814. The van der Waals surface area contributed by atoms with Gasteiger partial charge in [-0.15, -0.1) is 0 Å². The Morgan fingerprint density at radius 3 is 2.56 bits per heavy atom. The molecule has 18 heavy (non-hydrogen) atoms. The average molecular weight is 250 g/mol. The largest absolute Gasteiger partial charge is 0.481 e. The van der Waals surface area contributed by atoms with Crippen LogP contribution >= 0.6 is 0 Å². The fourth-order valence-corrected chi connectivity index (χ4v) is 2.30. The van der Waals surface area contributed by atoms with Crippen LogP contribution < -0.4 is 9.47 Å². The summed E-state index contributed by atoms with van der Waals surface area (Å²) in [5.41, 5.74) is 2.56. The van der Waals surface area contributed by atoms with Gasteiger partial charge in [-0.25, -0.2) is 0 Å². The van der Waals surface area contributed by atoms with Crippen LogP contribution in [0.15, 0.2) is 6.07 Å². The van der Waals surface area contributed by atoms with Crippen molar-refractivity contribution in [2.45, 2.75) is 39.5 Å². The Morgan fingerprint density at radius 2 is 1.94 bits per heavy atom. The molecule has 0 aliphatic carbocycles. The number of aliphatic carboxylic acids is 1. The van der Waals surface area contributed by atoms with E-state index in [1.807, 2.05) is 33.8 Å². The fraction of sp³-hybridized carbons (Fsp3) is 0.500. The van der Waals surface area contributed by atoms with Gasteiger partial charge in [0.05, 0.1) is 6.42 Å². The summed E-state index contributed by atoms with van der Waals surface area (Å²) in [6.45, 7) is 8.00. The zero-order valence-electron chi connectivity index (χ0n) is 11.2. The van der Waals surface area contributed by atoms with E-state index >= 15 is 0 Å². The van der Waals surface area contributed by atoms with E-state index < -0.39 is 11.4 Å². The molecule has 0 unspecified atom stereocenters. The second-order valence-electron chi connectivity index (χ2n) is 5.39. The van der Waals surface area contributed by atoms with Gasteiger partial charge in [0, 0.05) is 11.0 Å². The van der Waals surface area contributed by atoms with Crippen LogP contribution in [0.4, 0.5) is 0 Å². The van der Waals surface area contributed by atoms with Gasteiger partial charge in [0.1, 0.15) is 0 Å². The predicted molar refractivity (Wildman–Crippen MR) is 67.3 cm³/mol. The molecule has 0 spiro atoms. The lowest BCUT2D eigenvalue weighted by atomic mass is 9.79. The van der Waals surface area contributed by atoms with E-state index in [9.17, 15) is 4.79 Å². The lowest BCUT2D eigenvalue weighted by Gasteiger charge is -2.25. The molecule has 1 aromatic rings. The molecule has 0 fully saturated rings. The molecule has 0 saturated carbocycles. The van der Waals surface area contributed by atoms with Gasteiger partial charge in [-0.05, 0) is 25.0 Å². The van der Waals surface area contributed by atoms with Crippen LogP contribution in [0.5, 0.6) is 11.5 Å². The highest BCUT2D eigenvalue weighted by molar-refractivity contribution is 5.70. The summed E-state index contributed by atoms with van der Waals surface area (Å²) in [7, 11) is 0. The first-order chi connectivity index (χ1) is 8.33. The van der Waals surface area contributed by atoms with Gasteiger partial charge in [0.2, 0.25) is 6.79 Å². The first-order valence-electron chi connectivity index (χ1n) is 5.95. The third-order valence-electron chi connectivity index (χ3n) is 3.47. The Balaban J connectivity index is 2.55. The number of hydrogen-bond acceptors (Lipinski definition) is 3. The summed E-state index contributed by atoms with van der Waals surface area (Å²) in [6, 6.07) is 2.01. The lowest BCUT2D eigenvalue weighted by Crippen LogP contribution is -2.22. The van der Waals surface area contributed by atoms with Crippen molar-refractivity contribution in [3.8, 4) is 11.5 Å². The average Bonchev–Trinajstić information content (AvgIpc) is 2.70. The van der Waals surface area contributed by atoms with Gasteiger partial charge in [0.15, 0.2) is 11.5 Å². The van der Waals surface area contributed by atoms with Crippen molar-refractivity contribution in [1.82, 2.24) is 0 Å². The molecule has 0 atom stereocenters. The van der Waals surface area contributed by atoms with E-state index in [2.05, 4.69) is 0 Å². The third-order valence-corrected chi connectivity index (χ3v) is 3.47. The number of benzene rings is 1. The molecule has 0 aromatic heterocycles. The smallest absolute Gasteiger partial charge is 0.304 e. The molecule has 0 radical (unpaired) electrons. The van der Waals surface area contributed by atoms with Crippen molar-refractivity contribution in [1.29, 1.82) is 0 Å². The van der Waals surface area contributed by atoms with Crippen molar-refractivity contribution in [2.24, 2.45) is 0 Å². The van der Waals surface area contributed by atoms with Crippen molar-refractivity contribution >= 4 is 5.97 Å². The third kappa shape index (κ3) is 2.03. The van der Waals surface area contributed by atoms with Gasteiger partial charge in [0.25, 0.3) is 0 Å². The molecular weight excluding hydrogens is 232 g/mol. The summed E-state index contributed by atoms with van der Waals surface area (Å²) < 4.78 is 11.0. The molecule has 1 aliphatic rings. The monoisotopic (exact) mass is 250 g/mol. The Morgan fingerprint density at radius 1 is 1.33 bits per heavy atom. The van der Waals surface area contributed by atoms with E-state index in [0.29, 0.717) is 5.75 Å². The van der Waals surface area contributed by atoms with Crippen LogP contribution in [0, 0.1) is 13.8 Å². The summed E-state index contributed by atoms with van der Waals surface area (Å²) in [5.74, 6) is 0.638. The zero-order valence-corrected chi connectivity index (χ0v) is 11.2. The van der Waals surface area contributed by atoms with Crippen molar-refractivity contribution in [2.75, 3.05) is 6.79 Å². The van der Waals surface area contributed by atoms with Crippen molar-refractivity contribution < 1.29 is 19.4 Å². The maximum absolute atomic E-state index is 11.0. The minimum absolute atomic E-state index is 0.0608. The lowest BCUT2D eigenvalue weighted by molar-refractivity contribution is -0.138. The molecule has 1 N–H and O–H groups in total. The molecule has 0 amide bonds. The Bertz CT molecular complexity index is 503. The fourth-order valence-electron chi connectivity index (χ4n) is 2.30. The highest BCUT2D eigenvalue weighted by atomic mass is 16.7. The number of rotatable bonds is 3. The number of aryl methyl sites for hydroxylation is 1. The Labute approximate surface area is 107 Å². The zero-order chi connectivity index (χ0) is 13.5. The van der Waals surface area contributed by atoms with Crippen molar-refractivity contribution in [3.63, 3.8) is 0 Å². The normalized spacial score (nSPS) is 13.8. The molecule has 1 heterocycles. The molecule has 1 aliphatic heterocycles. The molecule has 0 saturated heterocycles. The molecule has 4 nitrogen and oxygen atoms in total. The molecule has 4 heteroatoms. The number of ether oxygens (including phenoxy) is 2. The molecular formula is C14H18O4. The molecule has 2 rings (SSSR count). The standard InChI is InChI=1S/C14H18O4/c1-8-5-10(14(3,4)6-11(15)16)13-12(9(8)2)17-7-18-13/h5H,6-7H2,1-4H3,(H,15,16). The van der Waals surface area contributed by atoms with Crippen LogP contribution in [0.25, 0.3) is 0 Å². The molecule has 0 bridgehead atoms. The van der Waals surface area contributed by atoms with Gasteiger partial charge in [-0.3, -0.25) is 4.79 Å². The molecule has 98 valence electrons. The Hall–Kier alpha value is -1.71. The van der Waals surface area contributed by atoms with Gasteiger partial charge < -0.3 is 14.6 Å². The summed E-state index contributed by atoms with van der Waals surface area (Å²) in [5, 5.41) is 9.01. The summed E-state index contributed by atoms with van der Waals surface area (Å²) in [6.07, 6.45) is 0.0608. The van der Waals surface area contributed by atoms with Gasteiger partial charge in [-0.1, -0.05) is 19.9 Å². The van der Waals surface area contributed by atoms with E-state index in [0.717, 1.165) is 22.4 Å². The minimum Gasteiger partial charge on any atom is -0.481 e. The summed E-state index contributed by atoms with van der Waals surface area (Å²) in [4.78, 5) is 11.0. The quantitative estimate of drug-likeness (QED) is 0.896. The molecule has 1 aromatic carbocycles. The van der Waals surface area contributed by atoms with Crippen LogP contribution in [-0.4, -0.2) is 17.9 Å². The summed E-state index contributed by atoms with van der Waals surface area (Å²) >= 11 is 0. The highest BCUT2D eigenvalue weighted by Gasteiger charge is 2.32. The van der Waals surface area contributed by atoms with Crippen LogP contribution in [0.2, 0.25) is 0 Å². The number of carbonyl (C=O) groups is 1.